The van der Waals surface area contributed by atoms with Crippen LogP contribution in [-0.2, 0) is 16.6 Å². The van der Waals surface area contributed by atoms with Crippen LogP contribution in [0.1, 0.15) is 47.0 Å². The Kier molecular flexibility index (Phi) is 7.54. The van der Waals surface area contributed by atoms with E-state index < -0.39 is 21.8 Å². The normalized spacial score (nSPS) is 11.5. The number of sulfonamides is 1. The van der Waals surface area contributed by atoms with Gasteiger partial charge < -0.3 is 14.4 Å². The molecule has 0 saturated carbocycles. The molecule has 38 heavy (non-hydrogen) atoms. The van der Waals surface area contributed by atoms with Gasteiger partial charge in [-0.1, -0.05) is 37.2 Å². The Hall–Kier alpha value is -4.18. The number of aromatic carboxylic acids is 1. The third-order valence-corrected chi connectivity index (χ3v) is 7.87. The van der Waals surface area contributed by atoms with E-state index in [9.17, 15) is 22.7 Å². The maximum absolute atomic E-state index is 14.5. The van der Waals surface area contributed by atoms with Crippen LogP contribution in [0.3, 0.4) is 0 Å². The van der Waals surface area contributed by atoms with Crippen molar-refractivity contribution in [2.45, 2.75) is 38.2 Å². The van der Waals surface area contributed by atoms with E-state index in [4.69, 9.17) is 9.26 Å². The summed E-state index contributed by atoms with van der Waals surface area (Å²) in [6.45, 7) is 5.69. The molecule has 8 nitrogen and oxygen atoms in total. The summed E-state index contributed by atoms with van der Waals surface area (Å²) >= 11 is 0. The molecule has 1 heterocycles. The minimum atomic E-state index is -4.01. The lowest BCUT2D eigenvalue weighted by Crippen LogP contribution is -2.27. The Balaban J connectivity index is 1.59. The zero-order chi connectivity index (χ0) is 27.6. The highest BCUT2D eigenvalue weighted by molar-refractivity contribution is 7.92. The molecule has 3 aromatic carbocycles. The van der Waals surface area contributed by atoms with E-state index in [1.54, 1.807) is 43.3 Å². The van der Waals surface area contributed by atoms with Crippen LogP contribution in [0.5, 0.6) is 5.75 Å². The molecule has 198 valence electrons. The highest BCUT2D eigenvalue weighted by atomic mass is 32.2. The smallest absolute Gasteiger partial charge is 0.335 e. The molecule has 0 bridgehead atoms. The van der Waals surface area contributed by atoms with Gasteiger partial charge in [-0.25, -0.2) is 17.6 Å². The minimum absolute atomic E-state index is 0.00998. The van der Waals surface area contributed by atoms with E-state index in [-0.39, 0.29) is 23.0 Å². The number of halogens is 1. The number of hydrogen-bond donors (Lipinski definition) is 1. The second-order valence-electron chi connectivity index (χ2n) is 9.05. The van der Waals surface area contributed by atoms with Crippen LogP contribution < -0.4 is 9.04 Å². The van der Waals surface area contributed by atoms with Gasteiger partial charge in [0, 0.05) is 18.5 Å². The molecule has 0 spiro atoms. The van der Waals surface area contributed by atoms with Crippen LogP contribution in [0, 0.1) is 12.7 Å². The standard InChI is InChI=1S/C28H27FN2O6S/c1-17(2)27-23(26(30-37-27)22-10-5-6-11-24(22)29)16-36-20-12-13-25(18(3)14-20)31(4)38(34,35)21-9-7-8-19(15-21)28(32)33/h5-15,17H,16H2,1-4H3,(H,32,33). The number of nitrogens with zero attached hydrogens (tertiary/aromatic N) is 2. The second-order valence-corrected chi connectivity index (χ2v) is 11.0. The lowest BCUT2D eigenvalue weighted by molar-refractivity contribution is 0.0696. The van der Waals surface area contributed by atoms with Crippen LogP contribution in [0.15, 0.2) is 76.1 Å². The highest BCUT2D eigenvalue weighted by Crippen LogP contribution is 2.33. The van der Waals surface area contributed by atoms with E-state index in [1.807, 2.05) is 13.8 Å². The van der Waals surface area contributed by atoms with E-state index in [0.29, 0.717) is 39.6 Å². The maximum atomic E-state index is 14.5. The fraction of sp³-hybridized carbons (Fsp3) is 0.214. The summed E-state index contributed by atoms with van der Waals surface area (Å²) in [7, 11) is -2.61. The molecule has 1 aromatic heterocycles. The van der Waals surface area contributed by atoms with Gasteiger partial charge in [-0.15, -0.1) is 0 Å². The third-order valence-electron chi connectivity index (χ3n) is 6.10. The summed E-state index contributed by atoms with van der Waals surface area (Å²) in [6, 6.07) is 16.4. The van der Waals surface area contributed by atoms with Crippen molar-refractivity contribution in [2.24, 2.45) is 0 Å². The van der Waals surface area contributed by atoms with Gasteiger partial charge >= 0.3 is 5.97 Å². The predicted molar refractivity (Wildman–Crippen MR) is 140 cm³/mol. The molecule has 0 aliphatic carbocycles. The summed E-state index contributed by atoms with van der Waals surface area (Å²) in [5.74, 6) is -0.583. The van der Waals surface area contributed by atoms with Gasteiger partial charge in [0.25, 0.3) is 10.0 Å². The zero-order valence-corrected chi connectivity index (χ0v) is 22.1. The summed E-state index contributed by atoms with van der Waals surface area (Å²) in [6.07, 6.45) is 0. The molecule has 0 fully saturated rings. The molecule has 0 saturated heterocycles. The molecular formula is C28H27FN2O6S. The van der Waals surface area contributed by atoms with Crippen molar-refractivity contribution >= 4 is 21.7 Å². The first kappa shape index (κ1) is 26.9. The predicted octanol–water partition coefficient (Wildman–Crippen LogP) is 6.01. The zero-order valence-electron chi connectivity index (χ0n) is 21.3. The van der Waals surface area contributed by atoms with Crippen molar-refractivity contribution < 1.29 is 32.0 Å². The molecule has 10 heteroatoms. The average Bonchev–Trinajstić information content (AvgIpc) is 3.31. The number of carboxylic acid groups (broad SMARTS) is 1. The summed E-state index contributed by atoms with van der Waals surface area (Å²) in [5, 5.41) is 13.3. The topological polar surface area (TPSA) is 110 Å². The Labute approximate surface area is 220 Å². The molecule has 4 aromatic rings. The number of ether oxygens (including phenoxy) is 1. The van der Waals surface area contributed by atoms with Crippen molar-refractivity contribution in [2.75, 3.05) is 11.4 Å². The number of aromatic nitrogens is 1. The number of benzene rings is 3. The van der Waals surface area contributed by atoms with Crippen molar-refractivity contribution in [3.05, 3.63) is 95.0 Å². The van der Waals surface area contributed by atoms with Crippen LogP contribution in [-0.4, -0.2) is 31.7 Å². The molecule has 0 atom stereocenters. The number of anilines is 1. The number of carbonyl (C=O) groups is 1. The monoisotopic (exact) mass is 538 g/mol. The Morgan fingerprint density at radius 3 is 2.50 bits per heavy atom. The third kappa shape index (κ3) is 5.26. The van der Waals surface area contributed by atoms with Crippen LogP contribution in [0.2, 0.25) is 0 Å². The Morgan fingerprint density at radius 1 is 1.11 bits per heavy atom. The SMILES string of the molecule is Cc1cc(OCc2c(-c3ccccc3F)noc2C(C)C)ccc1N(C)S(=O)(=O)c1cccc(C(=O)O)c1. The van der Waals surface area contributed by atoms with Crippen molar-refractivity contribution in [1.29, 1.82) is 0 Å². The molecular weight excluding hydrogens is 511 g/mol. The van der Waals surface area contributed by atoms with Gasteiger partial charge in [-0.05, 0) is 61.0 Å². The molecule has 1 N–H and O–H groups in total. The number of hydrogen-bond acceptors (Lipinski definition) is 6. The van der Waals surface area contributed by atoms with Crippen molar-refractivity contribution in [1.82, 2.24) is 5.16 Å². The van der Waals surface area contributed by atoms with Gasteiger partial charge in [0.05, 0.1) is 21.7 Å². The maximum Gasteiger partial charge on any atom is 0.335 e. The molecule has 4 rings (SSSR count). The van der Waals surface area contributed by atoms with Crippen LogP contribution in [0.4, 0.5) is 10.1 Å². The molecule has 0 aliphatic rings. The summed E-state index contributed by atoms with van der Waals surface area (Å²) < 4.78 is 53.5. The second kappa shape index (κ2) is 10.7. The molecule has 0 unspecified atom stereocenters. The first-order valence-corrected chi connectivity index (χ1v) is 13.2. The molecule has 0 aliphatic heterocycles. The van der Waals surface area contributed by atoms with Crippen molar-refractivity contribution in [3.63, 3.8) is 0 Å². The Bertz CT molecular complexity index is 1600. The molecule has 0 amide bonds. The number of aryl methyl sites for hydroxylation is 1. The first-order chi connectivity index (χ1) is 18.0. The number of carboxylic acids is 1. The number of rotatable bonds is 9. The summed E-state index contributed by atoms with van der Waals surface area (Å²) in [5.41, 5.74) is 2.21. The summed E-state index contributed by atoms with van der Waals surface area (Å²) in [4.78, 5) is 11.2. The van der Waals surface area contributed by atoms with E-state index in [2.05, 4.69) is 5.16 Å². The van der Waals surface area contributed by atoms with Gasteiger partial charge in [0.15, 0.2) is 0 Å². The van der Waals surface area contributed by atoms with Gasteiger partial charge in [0.2, 0.25) is 0 Å². The fourth-order valence-electron chi connectivity index (χ4n) is 4.08. The quantitative estimate of drug-likeness (QED) is 0.278. The van der Waals surface area contributed by atoms with Crippen molar-refractivity contribution in [3.8, 4) is 17.0 Å². The highest BCUT2D eigenvalue weighted by Gasteiger charge is 2.25. The van der Waals surface area contributed by atoms with Gasteiger partial charge in [-0.2, -0.15) is 0 Å². The first-order valence-electron chi connectivity index (χ1n) is 11.8. The van der Waals surface area contributed by atoms with E-state index in [0.717, 1.165) is 10.4 Å². The van der Waals surface area contributed by atoms with E-state index in [1.165, 1.54) is 31.3 Å². The minimum Gasteiger partial charge on any atom is -0.489 e. The average molecular weight is 539 g/mol. The van der Waals surface area contributed by atoms with E-state index >= 15 is 0 Å². The largest absolute Gasteiger partial charge is 0.489 e. The lowest BCUT2D eigenvalue weighted by atomic mass is 10.0. The van der Waals surface area contributed by atoms with Crippen LogP contribution in [0.25, 0.3) is 11.3 Å². The molecule has 0 radical (unpaired) electrons. The lowest BCUT2D eigenvalue weighted by Gasteiger charge is -2.22. The van der Waals surface area contributed by atoms with Gasteiger partial charge in [0.1, 0.15) is 29.6 Å². The van der Waals surface area contributed by atoms with Gasteiger partial charge in [-0.3, -0.25) is 4.31 Å². The fourth-order valence-corrected chi connectivity index (χ4v) is 5.39. The van der Waals surface area contributed by atoms with Crippen LogP contribution >= 0.6 is 0 Å². The Morgan fingerprint density at radius 2 is 1.84 bits per heavy atom.